The number of hydrogen-bond donors (Lipinski definition) is 1. The molecular formula is C21H24N6O. The number of aromatic nitrogens is 4. The van der Waals surface area contributed by atoms with E-state index in [1.165, 1.54) is 0 Å². The lowest BCUT2D eigenvalue weighted by atomic mass is 9.96. The number of piperidine rings is 1. The van der Waals surface area contributed by atoms with Crippen molar-refractivity contribution < 1.29 is 4.79 Å². The largest absolute Gasteiger partial charge is 0.355 e. The van der Waals surface area contributed by atoms with Crippen LogP contribution in [0.4, 0.5) is 5.82 Å². The molecule has 0 spiro atoms. The van der Waals surface area contributed by atoms with Crippen LogP contribution in [0.1, 0.15) is 28.9 Å². The molecule has 1 aliphatic rings. The van der Waals surface area contributed by atoms with E-state index in [2.05, 4.69) is 25.5 Å². The van der Waals surface area contributed by atoms with Crippen molar-refractivity contribution in [1.29, 1.82) is 0 Å². The molecule has 28 heavy (non-hydrogen) atoms. The zero-order valence-corrected chi connectivity index (χ0v) is 16.0. The summed E-state index contributed by atoms with van der Waals surface area (Å²) < 4.78 is 1.72. The molecule has 3 heterocycles. The van der Waals surface area contributed by atoms with Gasteiger partial charge >= 0.3 is 0 Å². The van der Waals surface area contributed by atoms with Gasteiger partial charge in [-0.2, -0.15) is 10.2 Å². The summed E-state index contributed by atoms with van der Waals surface area (Å²) in [6, 6.07) is 13.4. The van der Waals surface area contributed by atoms with Gasteiger partial charge in [0.25, 0.3) is 5.91 Å². The van der Waals surface area contributed by atoms with Crippen molar-refractivity contribution in [3.05, 3.63) is 66.1 Å². The molecule has 7 nitrogen and oxygen atoms in total. The number of rotatable bonds is 5. The number of carbonyl (C=O) groups excluding carboxylic acids is 1. The highest BCUT2D eigenvalue weighted by Crippen LogP contribution is 2.21. The number of nitrogens with one attached hydrogen (secondary N) is 1. The summed E-state index contributed by atoms with van der Waals surface area (Å²) in [4.78, 5) is 15.0. The van der Waals surface area contributed by atoms with Gasteiger partial charge in [0.15, 0.2) is 5.82 Å². The summed E-state index contributed by atoms with van der Waals surface area (Å²) in [5.74, 6) is 1.34. The number of amides is 1. The Bertz CT molecular complexity index is 914. The van der Waals surface area contributed by atoms with Crippen LogP contribution in [0.3, 0.4) is 0 Å². The van der Waals surface area contributed by atoms with E-state index in [-0.39, 0.29) is 5.91 Å². The maximum atomic E-state index is 12.7. The Morgan fingerprint density at radius 2 is 1.93 bits per heavy atom. The molecule has 7 heteroatoms. The summed E-state index contributed by atoms with van der Waals surface area (Å²) in [6.07, 6.45) is 5.60. The van der Waals surface area contributed by atoms with Crippen molar-refractivity contribution in [3.63, 3.8) is 0 Å². The number of aryl methyl sites for hydroxylation is 1. The second-order valence-corrected chi connectivity index (χ2v) is 7.14. The van der Waals surface area contributed by atoms with Crippen LogP contribution in [0.5, 0.6) is 0 Å². The number of anilines is 1. The van der Waals surface area contributed by atoms with Crippen LogP contribution < -0.4 is 10.2 Å². The topological polar surface area (TPSA) is 75.9 Å². The third kappa shape index (κ3) is 4.03. The Morgan fingerprint density at radius 1 is 1.11 bits per heavy atom. The minimum atomic E-state index is -0.0575. The van der Waals surface area contributed by atoms with E-state index in [9.17, 15) is 4.79 Å². The molecule has 3 aromatic rings. The van der Waals surface area contributed by atoms with E-state index in [4.69, 9.17) is 0 Å². The minimum Gasteiger partial charge on any atom is -0.355 e. The number of carbonyl (C=O) groups is 1. The van der Waals surface area contributed by atoms with Crippen LogP contribution >= 0.6 is 0 Å². The third-order valence-electron chi connectivity index (χ3n) is 5.17. The molecule has 0 unspecified atom stereocenters. The molecule has 1 aliphatic heterocycles. The molecule has 0 atom stereocenters. The van der Waals surface area contributed by atoms with Gasteiger partial charge in [-0.1, -0.05) is 12.1 Å². The molecular weight excluding hydrogens is 352 g/mol. The van der Waals surface area contributed by atoms with Gasteiger partial charge in [-0.3, -0.25) is 4.79 Å². The van der Waals surface area contributed by atoms with Crippen LogP contribution in [0.25, 0.3) is 5.69 Å². The van der Waals surface area contributed by atoms with Crippen LogP contribution in [0, 0.1) is 12.8 Å². The molecule has 1 fully saturated rings. The van der Waals surface area contributed by atoms with Crippen LogP contribution in [0.15, 0.2) is 54.9 Å². The van der Waals surface area contributed by atoms with Crippen LogP contribution in [0.2, 0.25) is 0 Å². The summed E-state index contributed by atoms with van der Waals surface area (Å²) in [5.41, 5.74) is 2.35. The van der Waals surface area contributed by atoms with E-state index in [0.29, 0.717) is 18.0 Å². The van der Waals surface area contributed by atoms with E-state index in [1.807, 2.05) is 55.6 Å². The quantitative estimate of drug-likeness (QED) is 0.741. The Morgan fingerprint density at radius 3 is 2.64 bits per heavy atom. The van der Waals surface area contributed by atoms with Crippen molar-refractivity contribution in [2.45, 2.75) is 19.8 Å². The van der Waals surface area contributed by atoms with Gasteiger partial charge in [0.1, 0.15) is 0 Å². The fourth-order valence-electron chi connectivity index (χ4n) is 3.54. The van der Waals surface area contributed by atoms with Crippen molar-refractivity contribution in [2.75, 3.05) is 24.5 Å². The summed E-state index contributed by atoms with van der Waals surface area (Å²) in [6.45, 7) is 4.49. The molecule has 4 rings (SSSR count). The summed E-state index contributed by atoms with van der Waals surface area (Å²) >= 11 is 0. The zero-order chi connectivity index (χ0) is 19.3. The normalized spacial score (nSPS) is 14.8. The fraction of sp³-hybridized carbons (Fsp3) is 0.333. The van der Waals surface area contributed by atoms with Gasteiger partial charge in [0, 0.05) is 32.0 Å². The molecule has 0 radical (unpaired) electrons. The highest BCUT2D eigenvalue weighted by molar-refractivity contribution is 5.97. The second kappa shape index (κ2) is 8.21. The third-order valence-corrected chi connectivity index (χ3v) is 5.17. The highest BCUT2D eigenvalue weighted by atomic mass is 16.1. The van der Waals surface area contributed by atoms with E-state index < -0.39 is 0 Å². The first-order valence-electron chi connectivity index (χ1n) is 9.63. The Labute approximate surface area is 164 Å². The Kier molecular flexibility index (Phi) is 5.32. The number of nitrogens with zero attached hydrogens (tertiary/aromatic N) is 5. The molecule has 1 amide bonds. The highest BCUT2D eigenvalue weighted by Gasteiger charge is 2.21. The van der Waals surface area contributed by atoms with Gasteiger partial charge < -0.3 is 10.2 Å². The van der Waals surface area contributed by atoms with Crippen LogP contribution in [-0.4, -0.2) is 45.5 Å². The lowest BCUT2D eigenvalue weighted by Gasteiger charge is -2.32. The zero-order valence-electron chi connectivity index (χ0n) is 16.0. The molecule has 0 bridgehead atoms. The van der Waals surface area contributed by atoms with Crippen molar-refractivity contribution >= 4 is 11.7 Å². The molecule has 0 aliphatic carbocycles. The Hall–Kier alpha value is -3.22. The van der Waals surface area contributed by atoms with Gasteiger partial charge in [-0.15, -0.1) is 5.10 Å². The monoisotopic (exact) mass is 376 g/mol. The Balaban J connectivity index is 1.32. The predicted octanol–water partition coefficient (Wildman–Crippen LogP) is 2.62. The molecule has 1 aromatic carbocycles. The van der Waals surface area contributed by atoms with Gasteiger partial charge in [0.05, 0.1) is 16.9 Å². The molecule has 144 valence electrons. The average Bonchev–Trinajstić information content (AvgIpc) is 3.28. The van der Waals surface area contributed by atoms with Gasteiger partial charge in [-0.05, 0) is 56.0 Å². The average molecular weight is 376 g/mol. The van der Waals surface area contributed by atoms with Crippen molar-refractivity contribution in [1.82, 2.24) is 25.3 Å². The predicted molar refractivity (Wildman–Crippen MR) is 108 cm³/mol. The molecule has 0 saturated carbocycles. The maximum Gasteiger partial charge on any atom is 0.253 e. The van der Waals surface area contributed by atoms with Gasteiger partial charge in [0.2, 0.25) is 0 Å². The van der Waals surface area contributed by atoms with Gasteiger partial charge in [-0.25, -0.2) is 4.68 Å². The van der Waals surface area contributed by atoms with Crippen molar-refractivity contribution in [3.8, 4) is 5.69 Å². The summed E-state index contributed by atoms with van der Waals surface area (Å²) in [7, 11) is 0. The fourth-order valence-corrected chi connectivity index (χ4v) is 3.54. The van der Waals surface area contributed by atoms with Crippen LogP contribution in [-0.2, 0) is 0 Å². The first-order valence-corrected chi connectivity index (χ1v) is 9.63. The molecule has 1 N–H and O–H groups in total. The number of benzene rings is 1. The first-order chi connectivity index (χ1) is 13.7. The minimum absolute atomic E-state index is 0.0575. The molecule has 2 aromatic heterocycles. The van der Waals surface area contributed by atoms with E-state index in [0.717, 1.165) is 43.1 Å². The van der Waals surface area contributed by atoms with Crippen molar-refractivity contribution in [2.24, 2.45) is 5.92 Å². The second-order valence-electron chi connectivity index (χ2n) is 7.14. The number of para-hydroxylation sites is 1. The lowest BCUT2D eigenvalue weighted by molar-refractivity contribution is 0.0944. The van der Waals surface area contributed by atoms with E-state index in [1.54, 1.807) is 10.9 Å². The maximum absolute atomic E-state index is 12.7. The standard InChI is InChI=1S/C21H24N6O/c1-16-7-8-20(25-24-16)26-13-9-17(10-14-26)15-22-21(28)18-5-2-3-6-19(18)27-12-4-11-23-27/h2-8,11-12,17H,9-10,13-15H2,1H3,(H,22,28). The molecule has 1 saturated heterocycles. The SMILES string of the molecule is Cc1ccc(N2CCC(CNC(=O)c3ccccc3-n3cccn3)CC2)nn1. The summed E-state index contributed by atoms with van der Waals surface area (Å²) in [5, 5.41) is 15.8. The van der Waals surface area contributed by atoms with E-state index >= 15 is 0 Å². The number of hydrogen-bond acceptors (Lipinski definition) is 5. The first kappa shape index (κ1) is 18.2. The lowest BCUT2D eigenvalue weighted by Crippen LogP contribution is -2.39. The smallest absolute Gasteiger partial charge is 0.253 e.